The number of piperidine rings is 3. The molecular formula is C21H27Cl3N6OS. The van der Waals surface area contributed by atoms with Gasteiger partial charge in [-0.15, -0.1) is 48.6 Å². The zero-order valence-corrected chi connectivity index (χ0v) is 20.8. The SMILES string of the molecule is COc1ccc(-c2nccs2)nc1Nc1ncc(N)cc1C1CN2CCC1CC2.Cl.Cl.Cl. The number of hydrogen-bond donors (Lipinski definition) is 2. The van der Waals surface area contributed by atoms with E-state index in [1.165, 1.54) is 31.5 Å². The van der Waals surface area contributed by atoms with Crippen molar-refractivity contribution >= 4 is 65.9 Å². The van der Waals surface area contributed by atoms with Crippen LogP contribution in [0.25, 0.3) is 10.7 Å². The smallest absolute Gasteiger partial charge is 0.175 e. The first-order valence-electron chi connectivity index (χ1n) is 9.91. The van der Waals surface area contributed by atoms with Crippen molar-refractivity contribution in [3.8, 4) is 16.5 Å². The van der Waals surface area contributed by atoms with E-state index >= 15 is 0 Å². The van der Waals surface area contributed by atoms with Gasteiger partial charge in [-0.1, -0.05) is 0 Å². The zero-order valence-electron chi connectivity index (χ0n) is 17.6. The Labute approximate surface area is 210 Å². The molecule has 0 radical (unpaired) electrons. The van der Waals surface area contributed by atoms with Gasteiger partial charge in [0.25, 0.3) is 0 Å². The number of thiazole rings is 1. The maximum absolute atomic E-state index is 6.12. The van der Waals surface area contributed by atoms with Gasteiger partial charge in [0.1, 0.15) is 16.5 Å². The van der Waals surface area contributed by atoms with E-state index < -0.39 is 0 Å². The molecule has 6 rings (SSSR count). The number of fused-ring (bicyclic) bond motifs is 3. The van der Waals surface area contributed by atoms with Crippen molar-refractivity contribution < 1.29 is 4.74 Å². The largest absolute Gasteiger partial charge is 0.493 e. The summed E-state index contributed by atoms with van der Waals surface area (Å²) in [6.07, 6.45) is 5.95. The number of halogens is 3. The number of nitrogen functional groups attached to an aromatic ring is 1. The number of rotatable bonds is 5. The summed E-state index contributed by atoms with van der Waals surface area (Å²) in [7, 11) is 1.65. The summed E-state index contributed by atoms with van der Waals surface area (Å²) in [5, 5.41) is 6.25. The maximum atomic E-state index is 6.12. The number of methoxy groups -OCH3 is 1. The van der Waals surface area contributed by atoms with E-state index in [2.05, 4.69) is 26.3 Å². The first-order valence-corrected chi connectivity index (χ1v) is 10.8. The molecule has 7 nitrogen and oxygen atoms in total. The Morgan fingerprint density at radius 1 is 1.12 bits per heavy atom. The van der Waals surface area contributed by atoms with Crippen molar-refractivity contribution in [1.29, 1.82) is 0 Å². The average molecular weight is 518 g/mol. The fourth-order valence-electron chi connectivity index (χ4n) is 4.49. The Morgan fingerprint density at radius 3 is 2.53 bits per heavy atom. The summed E-state index contributed by atoms with van der Waals surface area (Å²) < 4.78 is 5.55. The van der Waals surface area contributed by atoms with Crippen molar-refractivity contribution in [3.05, 3.63) is 41.5 Å². The van der Waals surface area contributed by atoms with Gasteiger partial charge < -0.3 is 20.7 Å². The highest BCUT2D eigenvalue weighted by Gasteiger charge is 2.36. The van der Waals surface area contributed by atoms with Crippen LogP contribution in [0.5, 0.6) is 5.75 Å². The van der Waals surface area contributed by atoms with Crippen molar-refractivity contribution in [2.75, 3.05) is 37.8 Å². The average Bonchev–Trinajstić information content (AvgIpc) is 3.31. The molecule has 3 aromatic heterocycles. The predicted octanol–water partition coefficient (Wildman–Crippen LogP) is 5.01. The molecule has 2 bridgehead atoms. The second-order valence-corrected chi connectivity index (χ2v) is 8.56. The molecule has 6 heterocycles. The molecule has 1 atom stereocenters. The van der Waals surface area contributed by atoms with Crippen LogP contribution in [0.2, 0.25) is 0 Å². The highest BCUT2D eigenvalue weighted by molar-refractivity contribution is 7.13. The van der Waals surface area contributed by atoms with E-state index in [4.69, 9.17) is 15.5 Å². The summed E-state index contributed by atoms with van der Waals surface area (Å²) in [6.45, 7) is 3.46. The fraction of sp³-hybridized carbons (Fsp3) is 0.381. The Bertz CT molecular complexity index is 1010. The van der Waals surface area contributed by atoms with Gasteiger partial charge in [-0.3, -0.25) is 0 Å². The molecule has 174 valence electrons. The molecule has 3 saturated heterocycles. The Balaban J connectivity index is 0.00000121. The highest BCUT2D eigenvalue weighted by atomic mass is 35.5. The Hall–Kier alpha value is -1.84. The van der Waals surface area contributed by atoms with Crippen LogP contribution in [0.4, 0.5) is 17.3 Å². The van der Waals surface area contributed by atoms with Crippen molar-refractivity contribution in [1.82, 2.24) is 19.9 Å². The van der Waals surface area contributed by atoms with Gasteiger partial charge in [0.05, 0.1) is 19.0 Å². The van der Waals surface area contributed by atoms with E-state index in [1.54, 1.807) is 30.8 Å². The fourth-order valence-corrected chi connectivity index (χ4v) is 5.09. The molecule has 3 aliphatic rings. The van der Waals surface area contributed by atoms with E-state index in [0.717, 1.165) is 23.1 Å². The Morgan fingerprint density at radius 2 is 1.91 bits per heavy atom. The van der Waals surface area contributed by atoms with Crippen LogP contribution in [0.15, 0.2) is 36.0 Å². The molecule has 0 aromatic carbocycles. The maximum Gasteiger partial charge on any atom is 0.175 e. The van der Waals surface area contributed by atoms with Crippen LogP contribution in [0, 0.1) is 5.92 Å². The van der Waals surface area contributed by atoms with Crippen LogP contribution in [0.3, 0.4) is 0 Å². The molecule has 32 heavy (non-hydrogen) atoms. The van der Waals surface area contributed by atoms with E-state index in [-0.39, 0.29) is 37.2 Å². The molecular weight excluding hydrogens is 491 g/mol. The number of anilines is 3. The summed E-state index contributed by atoms with van der Waals surface area (Å²) in [4.78, 5) is 16.3. The zero-order chi connectivity index (χ0) is 19.8. The van der Waals surface area contributed by atoms with E-state index in [0.29, 0.717) is 29.1 Å². The number of aromatic nitrogens is 3. The first-order chi connectivity index (χ1) is 14.2. The molecule has 0 aliphatic carbocycles. The van der Waals surface area contributed by atoms with Crippen LogP contribution >= 0.6 is 48.6 Å². The van der Waals surface area contributed by atoms with Crippen LogP contribution in [0.1, 0.15) is 24.3 Å². The quantitative estimate of drug-likeness (QED) is 0.492. The second-order valence-electron chi connectivity index (χ2n) is 7.66. The molecule has 0 amide bonds. The molecule has 0 saturated carbocycles. The van der Waals surface area contributed by atoms with Gasteiger partial charge >= 0.3 is 0 Å². The lowest BCUT2D eigenvalue weighted by Crippen LogP contribution is -2.46. The molecule has 3 aliphatic heterocycles. The number of nitrogens with one attached hydrogen (secondary N) is 1. The highest BCUT2D eigenvalue weighted by Crippen LogP contribution is 2.42. The predicted molar refractivity (Wildman–Crippen MR) is 137 cm³/mol. The number of hydrogen-bond acceptors (Lipinski definition) is 8. The monoisotopic (exact) mass is 516 g/mol. The second kappa shape index (κ2) is 11.3. The van der Waals surface area contributed by atoms with Gasteiger partial charge in [0.2, 0.25) is 0 Å². The number of nitrogens with zero attached hydrogens (tertiary/aromatic N) is 4. The van der Waals surface area contributed by atoms with Crippen molar-refractivity contribution in [2.24, 2.45) is 5.92 Å². The van der Waals surface area contributed by atoms with Crippen molar-refractivity contribution in [3.63, 3.8) is 0 Å². The van der Waals surface area contributed by atoms with E-state index in [9.17, 15) is 0 Å². The number of pyridine rings is 2. The van der Waals surface area contributed by atoms with Gasteiger partial charge in [-0.05, 0) is 50.0 Å². The van der Waals surface area contributed by atoms with Gasteiger partial charge in [0, 0.05) is 29.6 Å². The minimum absolute atomic E-state index is 0. The lowest BCUT2D eigenvalue weighted by Gasteiger charge is -2.45. The van der Waals surface area contributed by atoms with Gasteiger partial charge in [-0.25, -0.2) is 15.0 Å². The number of ether oxygens (including phenoxy) is 1. The third-order valence-corrected chi connectivity index (χ3v) is 6.76. The third-order valence-electron chi connectivity index (χ3n) is 5.96. The third kappa shape index (κ3) is 5.21. The lowest BCUT2D eigenvalue weighted by molar-refractivity contribution is 0.0873. The molecule has 1 unspecified atom stereocenters. The lowest BCUT2D eigenvalue weighted by atomic mass is 9.75. The minimum Gasteiger partial charge on any atom is -0.493 e. The topological polar surface area (TPSA) is 89.2 Å². The summed E-state index contributed by atoms with van der Waals surface area (Å²) >= 11 is 1.56. The summed E-state index contributed by atoms with van der Waals surface area (Å²) in [5.74, 6) is 3.23. The molecule has 3 fully saturated rings. The van der Waals surface area contributed by atoms with Gasteiger partial charge in [-0.2, -0.15) is 0 Å². The van der Waals surface area contributed by atoms with Crippen LogP contribution in [-0.4, -0.2) is 46.6 Å². The van der Waals surface area contributed by atoms with Gasteiger partial charge in [0.15, 0.2) is 11.6 Å². The number of nitrogens with two attached hydrogens (primary N) is 1. The van der Waals surface area contributed by atoms with Crippen molar-refractivity contribution in [2.45, 2.75) is 18.8 Å². The molecule has 11 heteroatoms. The standard InChI is InChI=1S/C21H24N6OS.3ClH/c1-28-18-3-2-17(21-23-6-9-29-21)25-20(18)26-19-15(10-14(22)11-24-19)16-12-27-7-4-13(16)5-8-27;;;/h2-3,6,9-11,13,16H,4-5,7-8,12,22H2,1H3,(H,24,25,26);3*1H. The minimum atomic E-state index is 0. The normalized spacial score (nSPS) is 21.0. The van der Waals surface area contributed by atoms with E-state index in [1.807, 2.05) is 17.5 Å². The van der Waals surface area contributed by atoms with Crippen LogP contribution < -0.4 is 15.8 Å². The van der Waals surface area contributed by atoms with Crippen LogP contribution in [-0.2, 0) is 0 Å². The molecule has 3 N–H and O–H groups in total. The Kier molecular flexibility index (Phi) is 9.36. The first kappa shape index (κ1) is 26.4. The molecule has 3 aromatic rings. The summed E-state index contributed by atoms with van der Waals surface area (Å²) in [5.41, 5.74) is 8.79. The molecule has 0 spiro atoms. The summed E-state index contributed by atoms with van der Waals surface area (Å²) in [6, 6.07) is 5.91.